The number of nitrogens with zero attached hydrogens (tertiary/aromatic N) is 4. The van der Waals surface area contributed by atoms with Crippen LogP contribution in [-0.4, -0.2) is 39.3 Å². The molecule has 2 aromatic heterocycles. The van der Waals surface area contributed by atoms with Crippen molar-refractivity contribution in [3.8, 4) is 23.2 Å². The van der Waals surface area contributed by atoms with Crippen molar-refractivity contribution in [2.24, 2.45) is 0 Å². The number of ether oxygens (including phenoxy) is 2. The monoisotopic (exact) mass is 581 g/mol. The van der Waals surface area contributed by atoms with E-state index in [1.807, 2.05) is 18.2 Å². The molecule has 10 heteroatoms. The van der Waals surface area contributed by atoms with Crippen LogP contribution in [0.1, 0.15) is 40.8 Å². The summed E-state index contributed by atoms with van der Waals surface area (Å²) in [7, 11) is 1.44. The summed E-state index contributed by atoms with van der Waals surface area (Å²) >= 11 is 0. The first kappa shape index (κ1) is 28.4. The lowest BCUT2D eigenvalue weighted by molar-refractivity contribution is -0.0768. The van der Waals surface area contributed by atoms with E-state index in [9.17, 15) is 9.50 Å². The predicted molar refractivity (Wildman–Crippen MR) is 156 cm³/mol. The summed E-state index contributed by atoms with van der Waals surface area (Å²) in [6.07, 6.45) is 0.279. The molecular weight excluding hydrogens is 552 g/mol. The van der Waals surface area contributed by atoms with Gasteiger partial charge in [0.25, 0.3) is 0 Å². The van der Waals surface area contributed by atoms with Gasteiger partial charge >= 0.3 is 0 Å². The van der Waals surface area contributed by atoms with Gasteiger partial charge in [-0.05, 0) is 54.9 Å². The van der Waals surface area contributed by atoms with E-state index in [0.29, 0.717) is 40.5 Å². The molecule has 0 bridgehead atoms. The Morgan fingerprint density at radius 2 is 1.86 bits per heavy atom. The van der Waals surface area contributed by atoms with Crippen molar-refractivity contribution in [1.82, 2.24) is 19.9 Å². The van der Waals surface area contributed by atoms with Crippen molar-refractivity contribution in [3.05, 3.63) is 113 Å². The van der Waals surface area contributed by atoms with Crippen LogP contribution in [0.5, 0.6) is 5.88 Å². The summed E-state index contributed by atoms with van der Waals surface area (Å²) in [4.78, 5) is 9.29. The first-order valence-electron chi connectivity index (χ1n) is 13.9. The van der Waals surface area contributed by atoms with Crippen molar-refractivity contribution in [3.63, 3.8) is 0 Å². The molecule has 1 unspecified atom stereocenters. The Morgan fingerprint density at radius 1 is 1.05 bits per heavy atom. The Hall–Kier alpha value is -4.69. The van der Waals surface area contributed by atoms with Crippen LogP contribution in [0.2, 0.25) is 0 Å². The Labute approximate surface area is 247 Å². The van der Waals surface area contributed by atoms with E-state index in [1.54, 1.807) is 36.4 Å². The molecule has 0 saturated carbocycles. The summed E-state index contributed by atoms with van der Waals surface area (Å²) in [6, 6.07) is 22.0. The Morgan fingerprint density at radius 3 is 2.58 bits per heavy atom. The number of benzene rings is 3. The molecule has 0 spiro atoms. The minimum Gasteiger partial charge on any atom is -0.473 e. The fourth-order valence-corrected chi connectivity index (χ4v) is 5.10. The van der Waals surface area contributed by atoms with Crippen LogP contribution in [0.4, 0.5) is 8.78 Å². The molecule has 3 aromatic carbocycles. The van der Waals surface area contributed by atoms with Gasteiger partial charge in [-0.1, -0.05) is 30.3 Å². The lowest BCUT2D eigenvalue weighted by atomic mass is 10.0. The molecule has 2 atom stereocenters. The van der Waals surface area contributed by atoms with E-state index in [1.165, 1.54) is 25.3 Å². The highest BCUT2D eigenvalue weighted by atomic mass is 19.1. The van der Waals surface area contributed by atoms with Crippen molar-refractivity contribution >= 4 is 11.0 Å². The molecule has 1 saturated heterocycles. The number of pyridine rings is 1. The molecular formula is C33H29F2N5O3. The van der Waals surface area contributed by atoms with Crippen molar-refractivity contribution in [1.29, 1.82) is 5.26 Å². The number of hydrogen-bond donors (Lipinski definition) is 2. The third-order valence-corrected chi connectivity index (χ3v) is 7.67. The average molecular weight is 582 g/mol. The third-order valence-electron chi connectivity index (χ3n) is 7.67. The zero-order valence-electron chi connectivity index (χ0n) is 23.4. The van der Waals surface area contributed by atoms with Gasteiger partial charge in [0.2, 0.25) is 5.88 Å². The number of methoxy groups -OCH3 is 1. The highest BCUT2D eigenvalue weighted by Crippen LogP contribution is 2.27. The first-order chi connectivity index (χ1) is 20.9. The topological polar surface area (TPSA) is 105 Å². The summed E-state index contributed by atoms with van der Waals surface area (Å²) < 4.78 is 42.6. The van der Waals surface area contributed by atoms with Crippen LogP contribution in [0.3, 0.4) is 0 Å². The lowest BCUT2D eigenvalue weighted by Gasteiger charge is -2.29. The molecule has 2 N–H and O–H groups in total. The number of aromatic nitrogens is 3. The Bertz CT molecular complexity index is 1830. The highest BCUT2D eigenvalue weighted by molar-refractivity contribution is 5.77. The van der Waals surface area contributed by atoms with E-state index >= 15 is 4.39 Å². The number of aliphatic hydroxyl groups excluding tert-OH is 1. The molecule has 1 aliphatic rings. The van der Waals surface area contributed by atoms with Gasteiger partial charge in [0.15, 0.2) is 6.29 Å². The Balaban J connectivity index is 1.23. The molecule has 1 fully saturated rings. The van der Waals surface area contributed by atoms with E-state index in [2.05, 4.69) is 14.9 Å². The second-order valence-electron chi connectivity index (χ2n) is 10.5. The van der Waals surface area contributed by atoms with E-state index in [-0.39, 0.29) is 30.3 Å². The second-order valence-corrected chi connectivity index (χ2v) is 10.5. The number of imidazole rings is 1. The zero-order valence-corrected chi connectivity index (χ0v) is 23.4. The van der Waals surface area contributed by atoms with Crippen molar-refractivity contribution < 1.29 is 23.4 Å². The van der Waals surface area contributed by atoms with Gasteiger partial charge < -0.3 is 24.5 Å². The maximum atomic E-state index is 15.5. The second kappa shape index (κ2) is 12.3. The lowest BCUT2D eigenvalue weighted by Crippen LogP contribution is -2.45. The maximum Gasteiger partial charge on any atom is 0.214 e. The molecule has 0 amide bonds. The SMILES string of the molecule is COC(O)c1ccc2nc(Cc3ccc(-c4cccc(OCc5ccc(C#N)cc5F)n4)cc3F)n(C[C@@H]3CCN3)c2c1. The number of fused-ring (bicyclic) bond motifs is 1. The summed E-state index contributed by atoms with van der Waals surface area (Å²) in [6.45, 7) is 1.58. The zero-order chi connectivity index (χ0) is 29.9. The minimum absolute atomic E-state index is 0.0649. The largest absolute Gasteiger partial charge is 0.473 e. The molecule has 0 radical (unpaired) electrons. The molecule has 3 heterocycles. The molecule has 0 aliphatic carbocycles. The quantitative estimate of drug-likeness (QED) is 0.212. The fraction of sp³-hybridized carbons (Fsp3) is 0.242. The standard InChI is InChI=1S/C33H29F2N5O3/c1-42-33(41)23-9-10-29-30(15-23)40(18-25-11-12-37-25)31(38-29)16-21-7-8-22(14-27(21)35)28-3-2-4-32(39-28)43-19-24-6-5-20(17-36)13-26(24)34/h2-10,13-15,25,33,37,41H,11-12,16,18-19H2,1H3/t25-,33?/m0/s1. The van der Waals surface area contributed by atoms with Gasteiger partial charge in [-0.2, -0.15) is 5.26 Å². The first-order valence-corrected chi connectivity index (χ1v) is 13.9. The van der Waals surface area contributed by atoms with Crippen LogP contribution in [-0.2, 0) is 24.3 Å². The maximum absolute atomic E-state index is 15.5. The number of rotatable bonds is 10. The number of nitriles is 1. The molecule has 218 valence electrons. The summed E-state index contributed by atoms with van der Waals surface area (Å²) in [5, 5.41) is 22.5. The summed E-state index contributed by atoms with van der Waals surface area (Å²) in [5.74, 6) is 0.0736. The number of hydrogen-bond acceptors (Lipinski definition) is 7. The van der Waals surface area contributed by atoms with E-state index in [4.69, 9.17) is 19.7 Å². The smallest absolute Gasteiger partial charge is 0.214 e. The van der Waals surface area contributed by atoms with Crippen molar-refractivity contribution in [2.75, 3.05) is 13.7 Å². The van der Waals surface area contributed by atoms with Gasteiger partial charge in [-0.15, -0.1) is 0 Å². The van der Waals surface area contributed by atoms with Crippen LogP contribution in [0.15, 0.2) is 72.8 Å². The van der Waals surface area contributed by atoms with Crippen molar-refractivity contribution in [2.45, 2.75) is 38.3 Å². The third kappa shape index (κ3) is 6.10. The minimum atomic E-state index is -1.04. The molecule has 43 heavy (non-hydrogen) atoms. The van der Waals surface area contributed by atoms with E-state index in [0.717, 1.165) is 35.9 Å². The number of nitrogens with one attached hydrogen (secondary N) is 1. The van der Waals surface area contributed by atoms with Gasteiger partial charge in [-0.3, -0.25) is 0 Å². The normalized spacial score (nSPS) is 15.2. The molecule has 8 nitrogen and oxygen atoms in total. The van der Waals surface area contributed by atoms with E-state index < -0.39 is 12.1 Å². The highest BCUT2D eigenvalue weighted by Gasteiger charge is 2.22. The predicted octanol–water partition coefficient (Wildman–Crippen LogP) is 5.42. The van der Waals surface area contributed by atoms with Gasteiger partial charge in [0.05, 0.1) is 28.4 Å². The fourth-order valence-electron chi connectivity index (χ4n) is 5.10. The van der Waals surface area contributed by atoms with Gasteiger partial charge in [0, 0.05) is 48.9 Å². The molecule has 1 aliphatic heterocycles. The molecule has 5 aromatic rings. The van der Waals surface area contributed by atoms with Crippen LogP contribution >= 0.6 is 0 Å². The number of aliphatic hydroxyl groups is 1. The van der Waals surface area contributed by atoms with Gasteiger partial charge in [0.1, 0.15) is 24.1 Å². The Kier molecular flexibility index (Phi) is 8.11. The van der Waals surface area contributed by atoms with Gasteiger partial charge in [-0.25, -0.2) is 18.7 Å². The average Bonchev–Trinajstić information content (AvgIpc) is 3.34. The van der Waals surface area contributed by atoms with Crippen LogP contribution in [0.25, 0.3) is 22.3 Å². The van der Waals surface area contributed by atoms with Crippen LogP contribution < -0.4 is 10.1 Å². The molecule has 6 rings (SSSR count). The van der Waals surface area contributed by atoms with Crippen LogP contribution in [0, 0.1) is 23.0 Å². The number of halogens is 2. The summed E-state index contributed by atoms with van der Waals surface area (Å²) in [5.41, 5.74) is 4.35.